The predicted octanol–water partition coefficient (Wildman–Crippen LogP) is 4.67. The van der Waals surface area contributed by atoms with Crippen molar-refractivity contribution in [3.05, 3.63) is 35.4 Å². The van der Waals surface area contributed by atoms with Gasteiger partial charge in [0.05, 0.1) is 11.8 Å². The first-order valence-corrected chi connectivity index (χ1v) is 11.5. The first-order chi connectivity index (χ1) is 13.2. The van der Waals surface area contributed by atoms with E-state index < -0.39 is 5.60 Å². The lowest BCUT2D eigenvalue weighted by atomic mass is 9.69. The molecule has 1 aromatic carbocycles. The summed E-state index contributed by atoms with van der Waals surface area (Å²) in [6, 6.07) is 8.74. The van der Waals surface area contributed by atoms with Crippen molar-refractivity contribution < 1.29 is 5.11 Å². The molecular formula is C24H38N2O. The van der Waals surface area contributed by atoms with Crippen molar-refractivity contribution in [2.75, 3.05) is 26.2 Å². The third kappa shape index (κ3) is 4.11. The zero-order valence-corrected chi connectivity index (χ0v) is 17.2. The van der Waals surface area contributed by atoms with Gasteiger partial charge in [0.1, 0.15) is 0 Å². The molecule has 3 aliphatic rings. The van der Waals surface area contributed by atoms with E-state index in [4.69, 9.17) is 0 Å². The van der Waals surface area contributed by atoms with Crippen LogP contribution in [0.2, 0.25) is 0 Å². The zero-order chi connectivity index (χ0) is 18.7. The molecule has 2 saturated heterocycles. The molecule has 3 heteroatoms. The second-order valence-corrected chi connectivity index (χ2v) is 9.25. The Morgan fingerprint density at radius 2 is 1.37 bits per heavy atom. The average molecular weight is 371 g/mol. The molecule has 27 heavy (non-hydrogen) atoms. The molecule has 2 heterocycles. The first kappa shape index (κ1) is 19.4. The van der Waals surface area contributed by atoms with Crippen LogP contribution in [0.4, 0.5) is 0 Å². The summed E-state index contributed by atoms with van der Waals surface area (Å²) in [5.74, 6) is 0.324. The summed E-state index contributed by atoms with van der Waals surface area (Å²) in [7, 11) is 0. The molecule has 1 saturated carbocycles. The summed E-state index contributed by atoms with van der Waals surface area (Å²) >= 11 is 0. The fourth-order valence-electron chi connectivity index (χ4n) is 5.88. The topological polar surface area (TPSA) is 26.7 Å². The number of rotatable bonds is 4. The Kier molecular flexibility index (Phi) is 6.21. The summed E-state index contributed by atoms with van der Waals surface area (Å²) < 4.78 is 0. The molecular weight excluding hydrogens is 332 g/mol. The van der Waals surface area contributed by atoms with Crippen LogP contribution in [0.15, 0.2) is 24.3 Å². The van der Waals surface area contributed by atoms with E-state index in [2.05, 4.69) is 41.0 Å². The van der Waals surface area contributed by atoms with Crippen molar-refractivity contribution in [1.82, 2.24) is 9.80 Å². The van der Waals surface area contributed by atoms with Crippen molar-refractivity contribution in [2.45, 2.75) is 82.9 Å². The van der Waals surface area contributed by atoms with Crippen LogP contribution in [0.25, 0.3) is 0 Å². The largest absolute Gasteiger partial charge is 0.385 e. The molecule has 0 spiro atoms. The third-order valence-corrected chi connectivity index (χ3v) is 7.38. The quantitative estimate of drug-likeness (QED) is 0.834. The van der Waals surface area contributed by atoms with Crippen LogP contribution in [-0.2, 0) is 5.60 Å². The van der Waals surface area contributed by atoms with Crippen molar-refractivity contribution in [3.63, 3.8) is 0 Å². The number of likely N-dealkylation sites (tertiary alicyclic amines) is 2. The number of aryl methyl sites for hydroxylation is 1. The molecule has 0 aromatic heterocycles. The first-order valence-electron chi connectivity index (χ1n) is 11.5. The Bertz CT molecular complexity index is 571. The van der Waals surface area contributed by atoms with Crippen LogP contribution in [0, 0.1) is 12.8 Å². The van der Waals surface area contributed by atoms with Crippen molar-refractivity contribution >= 4 is 0 Å². The highest BCUT2D eigenvalue weighted by Gasteiger charge is 2.48. The molecule has 150 valence electrons. The SMILES string of the molecule is Cc1ccc(C2(O)CCCCC2C(N2CCCCC2)N2CCCCC2)cc1. The molecule has 3 nitrogen and oxygen atoms in total. The van der Waals surface area contributed by atoms with E-state index in [1.54, 1.807) is 0 Å². The molecule has 4 rings (SSSR count). The van der Waals surface area contributed by atoms with Gasteiger partial charge in [-0.1, -0.05) is 55.5 Å². The summed E-state index contributed by atoms with van der Waals surface area (Å²) in [4.78, 5) is 5.48. The molecule has 2 aliphatic heterocycles. The maximum Gasteiger partial charge on any atom is 0.0952 e. The van der Waals surface area contributed by atoms with Crippen LogP contribution in [0.3, 0.4) is 0 Å². The van der Waals surface area contributed by atoms with E-state index in [0.29, 0.717) is 12.1 Å². The molecule has 1 aromatic rings. The molecule has 0 amide bonds. The zero-order valence-electron chi connectivity index (χ0n) is 17.2. The number of hydrogen-bond acceptors (Lipinski definition) is 3. The average Bonchev–Trinajstić information content (AvgIpc) is 2.72. The van der Waals surface area contributed by atoms with Gasteiger partial charge in [0.15, 0.2) is 0 Å². The van der Waals surface area contributed by atoms with E-state index >= 15 is 0 Å². The Labute approximate surface area is 165 Å². The lowest BCUT2D eigenvalue weighted by Crippen LogP contribution is -2.60. The van der Waals surface area contributed by atoms with Crippen LogP contribution < -0.4 is 0 Å². The monoisotopic (exact) mass is 370 g/mol. The fraction of sp³-hybridized carbons (Fsp3) is 0.750. The van der Waals surface area contributed by atoms with E-state index in [9.17, 15) is 5.11 Å². The number of benzene rings is 1. The second kappa shape index (κ2) is 8.63. The summed E-state index contributed by atoms with van der Waals surface area (Å²) in [6.45, 7) is 6.98. The highest BCUT2D eigenvalue weighted by atomic mass is 16.3. The number of piperidine rings is 2. The van der Waals surface area contributed by atoms with E-state index in [0.717, 1.165) is 24.8 Å². The van der Waals surface area contributed by atoms with Crippen LogP contribution in [-0.4, -0.2) is 47.3 Å². The van der Waals surface area contributed by atoms with Crippen molar-refractivity contribution in [3.8, 4) is 0 Å². The van der Waals surface area contributed by atoms with E-state index in [1.807, 2.05) is 0 Å². The van der Waals surface area contributed by atoms with Gasteiger partial charge in [-0.3, -0.25) is 9.80 Å². The summed E-state index contributed by atoms with van der Waals surface area (Å²) in [5, 5.41) is 12.1. The molecule has 1 N–H and O–H groups in total. The van der Waals surface area contributed by atoms with Crippen molar-refractivity contribution in [1.29, 1.82) is 0 Å². The van der Waals surface area contributed by atoms with Gasteiger partial charge in [-0.15, -0.1) is 0 Å². The lowest BCUT2D eigenvalue weighted by molar-refractivity contribution is -0.133. The number of aliphatic hydroxyl groups is 1. The maximum absolute atomic E-state index is 12.1. The standard InChI is InChI=1S/C24H38N2O/c1-20-11-13-21(14-12-20)24(27)15-5-4-10-22(24)23(25-16-6-2-7-17-25)26-18-8-3-9-19-26/h11-14,22-23,27H,2-10,15-19H2,1H3. The lowest BCUT2D eigenvalue weighted by Gasteiger charge is -2.53. The molecule has 0 bridgehead atoms. The van der Waals surface area contributed by atoms with Crippen LogP contribution >= 0.6 is 0 Å². The molecule has 1 aliphatic carbocycles. The minimum atomic E-state index is -0.675. The summed E-state index contributed by atoms with van der Waals surface area (Å²) in [6.07, 6.45) is 12.9. The van der Waals surface area contributed by atoms with Gasteiger partial charge >= 0.3 is 0 Å². The number of hydrogen-bond donors (Lipinski definition) is 1. The van der Waals surface area contributed by atoms with Crippen LogP contribution in [0.5, 0.6) is 0 Å². The Morgan fingerprint density at radius 3 is 1.93 bits per heavy atom. The van der Waals surface area contributed by atoms with Gasteiger partial charge in [-0.25, -0.2) is 0 Å². The summed E-state index contributed by atoms with van der Waals surface area (Å²) in [5.41, 5.74) is 1.75. The van der Waals surface area contributed by atoms with Gasteiger partial charge in [-0.2, -0.15) is 0 Å². The Hall–Kier alpha value is -0.900. The van der Waals surface area contributed by atoms with Gasteiger partial charge < -0.3 is 5.11 Å². The van der Waals surface area contributed by atoms with Gasteiger partial charge in [0.2, 0.25) is 0 Å². The highest BCUT2D eigenvalue weighted by Crippen LogP contribution is 2.46. The Morgan fingerprint density at radius 1 is 0.815 bits per heavy atom. The number of nitrogens with zero attached hydrogens (tertiary/aromatic N) is 2. The molecule has 2 unspecified atom stereocenters. The molecule has 3 fully saturated rings. The maximum atomic E-state index is 12.1. The minimum absolute atomic E-state index is 0.324. The fourth-order valence-corrected chi connectivity index (χ4v) is 5.88. The second-order valence-electron chi connectivity index (χ2n) is 9.25. The van der Waals surface area contributed by atoms with E-state index in [1.165, 1.54) is 76.7 Å². The normalized spacial score (nSPS) is 31.3. The van der Waals surface area contributed by atoms with Gasteiger partial charge in [0, 0.05) is 5.92 Å². The third-order valence-electron chi connectivity index (χ3n) is 7.38. The molecule has 0 radical (unpaired) electrons. The minimum Gasteiger partial charge on any atom is -0.385 e. The predicted molar refractivity (Wildman–Crippen MR) is 112 cm³/mol. The van der Waals surface area contributed by atoms with Gasteiger partial charge in [0.25, 0.3) is 0 Å². The Balaban J connectivity index is 1.67. The van der Waals surface area contributed by atoms with Crippen molar-refractivity contribution in [2.24, 2.45) is 5.92 Å². The van der Waals surface area contributed by atoms with Gasteiger partial charge in [-0.05, 0) is 77.2 Å². The highest BCUT2D eigenvalue weighted by molar-refractivity contribution is 5.28. The van der Waals surface area contributed by atoms with Crippen LogP contribution in [0.1, 0.15) is 75.3 Å². The molecule has 2 atom stereocenters. The van der Waals surface area contributed by atoms with E-state index in [-0.39, 0.29) is 0 Å². The smallest absolute Gasteiger partial charge is 0.0952 e.